The Balaban J connectivity index is 1.24. The van der Waals surface area contributed by atoms with Crippen molar-refractivity contribution in [1.29, 1.82) is 0 Å². The lowest BCUT2D eigenvalue weighted by Gasteiger charge is -2.34. The monoisotopic (exact) mass is 917 g/mol. The van der Waals surface area contributed by atoms with Gasteiger partial charge in [-0.25, -0.2) is 13.4 Å². The lowest BCUT2D eigenvalue weighted by atomic mass is 9.82. The highest BCUT2D eigenvalue weighted by Crippen LogP contribution is 2.58. The van der Waals surface area contributed by atoms with Gasteiger partial charge in [-0.15, -0.1) is 0 Å². The highest BCUT2D eigenvalue weighted by molar-refractivity contribution is 7.91. The van der Waals surface area contributed by atoms with Gasteiger partial charge >= 0.3 is 12.1 Å². The lowest BCUT2D eigenvalue weighted by Crippen LogP contribution is -2.48. The molecule has 5 aliphatic rings. The summed E-state index contributed by atoms with van der Waals surface area (Å²) in [6, 6.07) is 4.36. The molecule has 2 aliphatic carbocycles. The molecule has 2 aromatic rings. The summed E-state index contributed by atoms with van der Waals surface area (Å²) in [6.45, 7) is 9.96. The Hall–Kier alpha value is -4.45. The number of carbonyl (C=O) groups is 4. The molecule has 0 bridgehead atoms. The first kappa shape index (κ1) is 47.5. The maximum atomic E-state index is 15.0. The minimum atomic E-state index is -4.87. The Morgan fingerprint density at radius 3 is 2.39 bits per heavy atom. The number of benzene rings is 1. The number of esters is 1. The molecular weight excluding hydrogens is 856 g/mol. The largest absolute Gasteiger partial charge is 0.497 e. The molecule has 4 heterocycles. The van der Waals surface area contributed by atoms with Gasteiger partial charge in [-0.2, -0.15) is 13.2 Å². The Morgan fingerprint density at radius 1 is 1.03 bits per heavy atom. The van der Waals surface area contributed by atoms with E-state index in [-0.39, 0.29) is 37.6 Å². The Morgan fingerprint density at radius 2 is 1.73 bits per heavy atom. The Labute approximate surface area is 373 Å². The van der Waals surface area contributed by atoms with Crippen molar-refractivity contribution in [3.63, 3.8) is 0 Å². The third kappa shape index (κ3) is 9.73. The number of sulfonamides is 1. The topological polar surface area (TPSA) is 165 Å². The first-order valence-corrected chi connectivity index (χ1v) is 23.9. The number of ketones is 1. The number of likely N-dealkylation sites (N-methyl/N-ethyl adjacent to an activating group) is 1. The minimum absolute atomic E-state index is 0.0123. The van der Waals surface area contributed by atoms with E-state index in [2.05, 4.69) is 21.6 Å². The van der Waals surface area contributed by atoms with Crippen molar-refractivity contribution in [1.82, 2.24) is 19.5 Å². The number of carbonyl (C=O) groups excluding carboxylic acids is 4. The fraction of sp³-hybridized carbons (Fsp3) is 0.674. The highest BCUT2D eigenvalue weighted by Gasteiger charge is 2.63. The van der Waals surface area contributed by atoms with E-state index in [0.29, 0.717) is 43.2 Å². The predicted octanol–water partition coefficient (Wildman–Crippen LogP) is 6.21. The average Bonchev–Trinajstić information content (AvgIpc) is 4.11. The van der Waals surface area contributed by atoms with Crippen molar-refractivity contribution >= 4 is 50.1 Å². The second-order valence-electron chi connectivity index (χ2n) is 19.7. The lowest BCUT2D eigenvalue weighted by molar-refractivity contribution is -0.257. The number of pyridine rings is 1. The summed E-state index contributed by atoms with van der Waals surface area (Å²) < 4.78 is 86.7. The number of nitrogens with zero attached hydrogens (tertiary/aromatic N) is 4. The highest BCUT2D eigenvalue weighted by atomic mass is 32.2. The van der Waals surface area contributed by atoms with E-state index in [9.17, 15) is 36.0 Å². The van der Waals surface area contributed by atoms with Crippen LogP contribution in [0.5, 0.6) is 11.6 Å². The SMILES string of the molecule is COc1ccc2c(O[C@@H]3C[C@H]4C(=O)C[C@]5(C(=O)NS(=O)(=O)C6(C)CC6)C[C@H]5/C=C\CC[C@@H](C)C[C@@H](C)[C@H](CC(=O)OC(C)(C)C(F)(F)F)C(=O)N4C3)ncc(N3CCN(C)CC3)c2c1. The van der Waals surface area contributed by atoms with Gasteiger partial charge in [0, 0.05) is 49.8 Å². The number of hydrogen-bond acceptors (Lipinski definition) is 12. The minimum Gasteiger partial charge on any atom is -0.497 e. The van der Waals surface area contributed by atoms with Crippen molar-refractivity contribution in [3.8, 4) is 11.6 Å². The number of hydrogen-bond donors (Lipinski definition) is 1. The van der Waals surface area contributed by atoms with E-state index < -0.39 is 91.8 Å². The van der Waals surface area contributed by atoms with Crippen LogP contribution in [-0.2, 0) is 33.9 Å². The molecule has 64 heavy (non-hydrogen) atoms. The van der Waals surface area contributed by atoms with Crippen LogP contribution >= 0.6 is 0 Å². The second kappa shape index (κ2) is 17.7. The van der Waals surface area contributed by atoms with Crippen LogP contribution in [0.2, 0.25) is 0 Å². The van der Waals surface area contributed by atoms with E-state index >= 15 is 4.79 Å². The first-order chi connectivity index (χ1) is 30.0. The van der Waals surface area contributed by atoms with Gasteiger partial charge in [-0.05, 0) is 102 Å². The van der Waals surface area contributed by atoms with E-state index in [4.69, 9.17) is 19.2 Å². The number of amides is 2. The van der Waals surface area contributed by atoms with Crippen LogP contribution in [0.15, 0.2) is 36.5 Å². The van der Waals surface area contributed by atoms with E-state index in [1.807, 2.05) is 31.2 Å². The van der Waals surface area contributed by atoms with Crippen molar-refractivity contribution in [2.24, 2.45) is 29.1 Å². The maximum Gasteiger partial charge on any atom is 0.427 e. The van der Waals surface area contributed by atoms with E-state index in [1.54, 1.807) is 33.2 Å². The number of piperazine rings is 1. The fourth-order valence-electron chi connectivity index (χ4n) is 9.51. The molecule has 14 nitrogen and oxygen atoms in total. The molecule has 1 N–H and O–H groups in total. The van der Waals surface area contributed by atoms with Crippen LogP contribution in [0.3, 0.4) is 0 Å². The Kier molecular flexibility index (Phi) is 13.2. The molecular formula is C46H62F3N5O9S. The second-order valence-corrected chi connectivity index (χ2v) is 21.9. The number of methoxy groups -OCH3 is 1. The van der Waals surface area contributed by atoms with E-state index in [1.165, 1.54) is 4.90 Å². The normalized spacial score (nSPS) is 29.8. The molecule has 352 valence electrons. The molecule has 2 saturated carbocycles. The third-order valence-corrected chi connectivity index (χ3v) is 16.6. The number of ether oxygens (including phenoxy) is 3. The maximum absolute atomic E-state index is 15.0. The number of aromatic nitrogens is 1. The summed E-state index contributed by atoms with van der Waals surface area (Å²) in [6.07, 6.45) is 1.50. The molecule has 0 spiro atoms. The van der Waals surface area contributed by atoms with Gasteiger partial charge in [0.1, 0.15) is 11.9 Å². The zero-order valence-electron chi connectivity index (χ0n) is 37.8. The molecule has 7 atom stereocenters. The van der Waals surface area contributed by atoms with Gasteiger partial charge in [-0.3, -0.25) is 23.9 Å². The quantitative estimate of drug-likeness (QED) is 0.212. The predicted molar refractivity (Wildman–Crippen MR) is 233 cm³/mol. The van der Waals surface area contributed by atoms with Gasteiger partial charge in [-0.1, -0.05) is 26.0 Å². The molecule has 3 aliphatic heterocycles. The summed E-state index contributed by atoms with van der Waals surface area (Å²) in [7, 11) is -0.399. The number of halogens is 3. The summed E-state index contributed by atoms with van der Waals surface area (Å²) in [5, 5.41) is 1.50. The molecule has 4 fully saturated rings. The first-order valence-electron chi connectivity index (χ1n) is 22.4. The van der Waals surface area contributed by atoms with Crippen molar-refractivity contribution in [3.05, 3.63) is 36.5 Å². The van der Waals surface area contributed by atoms with Crippen LogP contribution in [0.25, 0.3) is 10.8 Å². The number of alkyl halides is 3. The van der Waals surface area contributed by atoms with Crippen molar-refractivity contribution < 1.29 is 55.0 Å². The molecule has 7 rings (SSSR count). The molecule has 18 heteroatoms. The summed E-state index contributed by atoms with van der Waals surface area (Å²) >= 11 is 0. The summed E-state index contributed by atoms with van der Waals surface area (Å²) in [4.78, 5) is 68.0. The van der Waals surface area contributed by atoms with Crippen LogP contribution < -0.4 is 19.1 Å². The van der Waals surface area contributed by atoms with Gasteiger partial charge in [0.05, 0.1) is 54.1 Å². The number of rotatable bonds is 10. The average molecular weight is 918 g/mol. The number of Topliss-reactive ketones (excluding diaryl/α,β-unsaturated/α-hetero) is 1. The molecule has 1 aromatic carbocycles. The number of nitrogens with one attached hydrogen (secondary N) is 1. The molecule has 0 radical (unpaired) electrons. The zero-order valence-corrected chi connectivity index (χ0v) is 38.6. The van der Waals surface area contributed by atoms with Crippen LogP contribution in [0.1, 0.15) is 92.4 Å². The van der Waals surface area contributed by atoms with E-state index in [0.717, 1.165) is 51.1 Å². The van der Waals surface area contributed by atoms with Gasteiger partial charge in [0.15, 0.2) is 5.78 Å². The molecule has 2 saturated heterocycles. The van der Waals surface area contributed by atoms with Gasteiger partial charge in [0.2, 0.25) is 33.3 Å². The van der Waals surface area contributed by atoms with Crippen LogP contribution in [0.4, 0.5) is 18.9 Å². The van der Waals surface area contributed by atoms with Crippen molar-refractivity contribution in [2.75, 3.05) is 51.8 Å². The van der Waals surface area contributed by atoms with Gasteiger partial charge in [0.25, 0.3) is 0 Å². The Bertz CT molecular complexity index is 2280. The number of fused-ring (bicyclic) bond motifs is 3. The smallest absolute Gasteiger partial charge is 0.427 e. The summed E-state index contributed by atoms with van der Waals surface area (Å²) in [5.74, 6) is -4.32. The third-order valence-electron chi connectivity index (χ3n) is 14.4. The summed E-state index contributed by atoms with van der Waals surface area (Å²) in [5.41, 5.74) is -3.32. The number of anilines is 1. The fourth-order valence-corrected chi connectivity index (χ4v) is 10.8. The molecule has 1 aromatic heterocycles. The van der Waals surface area contributed by atoms with Crippen LogP contribution in [0, 0.1) is 29.1 Å². The number of allylic oxidation sites excluding steroid dienone is 2. The van der Waals surface area contributed by atoms with Crippen LogP contribution in [-0.4, -0.2) is 122 Å². The standard InChI is InChI=1S/C46H62F3N5O9S/c1-28-10-8-9-11-30-24-45(30,42(58)51-64(59,60)44(5)14-15-44)25-38(55)36-22-32(27-54(36)41(57)34(29(2)20-28)23-39(56)63-43(3,4)46(47,48)49)62-40-33-13-12-31(61-7)21-35(33)37(26-50-40)53-18-16-52(6)17-19-53/h9,11-13,21,26,28-30,32,34,36H,8,10,14-20,22-25,27H2,1-7H3,(H,51,58)/b11-9-/t28-,29-,30-,32-,34+,36+,45-/m1/s1. The zero-order chi connectivity index (χ0) is 46.6. The van der Waals surface area contributed by atoms with Crippen molar-refractivity contribution in [2.45, 2.75) is 121 Å². The molecule has 2 amide bonds. The molecule has 0 unspecified atom stereocenters. The van der Waals surface area contributed by atoms with Gasteiger partial charge < -0.3 is 28.9 Å².